The SMILES string of the molecule is CC.CC(NC1=CCCC=C1)C(=O)NC1CCCN(c2ncnc3[nH]ccc23)C1. The van der Waals surface area contributed by atoms with Crippen LogP contribution in [-0.2, 0) is 4.79 Å². The van der Waals surface area contributed by atoms with Crippen LogP contribution in [0.2, 0.25) is 0 Å². The van der Waals surface area contributed by atoms with Gasteiger partial charge in [-0.25, -0.2) is 9.97 Å². The lowest BCUT2D eigenvalue weighted by molar-refractivity contribution is -0.123. The Bertz CT molecular complexity index is 871. The van der Waals surface area contributed by atoms with Crippen molar-refractivity contribution in [1.82, 2.24) is 25.6 Å². The van der Waals surface area contributed by atoms with E-state index in [9.17, 15) is 4.79 Å². The number of nitrogens with one attached hydrogen (secondary N) is 3. The minimum absolute atomic E-state index is 0.0382. The highest BCUT2D eigenvalue weighted by molar-refractivity contribution is 5.87. The predicted octanol–water partition coefficient (Wildman–Crippen LogP) is 3.28. The molecule has 0 bridgehead atoms. The van der Waals surface area contributed by atoms with Gasteiger partial charge in [-0.05, 0) is 44.7 Å². The molecule has 1 amide bonds. The first-order valence-electron chi connectivity index (χ1n) is 10.7. The van der Waals surface area contributed by atoms with Crippen molar-refractivity contribution in [2.24, 2.45) is 0 Å². The van der Waals surface area contributed by atoms with Crippen LogP contribution in [0.25, 0.3) is 11.0 Å². The van der Waals surface area contributed by atoms with E-state index >= 15 is 0 Å². The number of aromatic nitrogens is 3. The molecule has 7 nitrogen and oxygen atoms in total. The van der Waals surface area contributed by atoms with E-state index in [2.05, 4.69) is 42.6 Å². The third kappa shape index (κ3) is 5.16. The first-order chi connectivity index (χ1) is 14.2. The zero-order valence-electron chi connectivity index (χ0n) is 17.6. The Hall–Kier alpha value is -2.83. The van der Waals surface area contributed by atoms with E-state index in [0.717, 1.165) is 61.3 Å². The summed E-state index contributed by atoms with van der Waals surface area (Å²) >= 11 is 0. The maximum absolute atomic E-state index is 12.6. The van der Waals surface area contributed by atoms with Gasteiger partial charge >= 0.3 is 0 Å². The van der Waals surface area contributed by atoms with Gasteiger partial charge in [0.05, 0.1) is 5.39 Å². The first kappa shape index (κ1) is 20.9. The summed E-state index contributed by atoms with van der Waals surface area (Å²) in [6.07, 6.45) is 13.9. The Balaban J connectivity index is 0.00000117. The number of H-pyrrole nitrogens is 1. The number of aromatic amines is 1. The topological polar surface area (TPSA) is 85.9 Å². The fraction of sp³-hybridized carbons (Fsp3) is 0.500. The van der Waals surface area contributed by atoms with Gasteiger partial charge in [-0.15, -0.1) is 0 Å². The Morgan fingerprint density at radius 2 is 2.17 bits per heavy atom. The van der Waals surface area contributed by atoms with E-state index < -0.39 is 0 Å². The van der Waals surface area contributed by atoms with Gasteiger partial charge in [-0.2, -0.15) is 0 Å². The molecule has 2 aromatic rings. The number of hydrogen-bond acceptors (Lipinski definition) is 5. The van der Waals surface area contributed by atoms with Gasteiger partial charge in [-0.1, -0.05) is 26.0 Å². The lowest BCUT2D eigenvalue weighted by atomic mass is 10.0. The molecule has 1 saturated heterocycles. The van der Waals surface area contributed by atoms with Crippen LogP contribution in [0, 0.1) is 0 Å². The van der Waals surface area contributed by atoms with E-state index in [1.807, 2.05) is 39.1 Å². The molecule has 0 saturated carbocycles. The number of rotatable bonds is 5. The molecule has 2 atom stereocenters. The van der Waals surface area contributed by atoms with Crippen molar-refractivity contribution < 1.29 is 4.79 Å². The number of allylic oxidation sites excluding steroid dienone is 3. The Labute approximate surface area is 172 Å². The molecule has 29 heavy (non-hydrogen) atoms. The zero-order valence-corrected chi connectivity index (χ0v) is 17.6. The van der Waals surface area contributed by atoms with Crippen LogP contribution < -0.4 is 15.5 Å². The summed E-state index contributed by atoms with van der Waals surface area (Å²) < 4.78 is 0. The quantitative estimate of drug-likeness (QED) is 0.722. The zero-order chi connectivity index (χ0) is 20.6. The second kappa shape index (κ2) is 10.1. The van der Waals surface area contributed by atoms with Gasteiger partial charge < -0.3 is 20.5 Å². The molecule has 0 aromatic carbocycles. The van der Waals surface area contributed by atoms with Crippen molar-refractivity contribution in [3.8, 4) is 0 Å². The third-order valence-corrected chi connectivity index (χ3v) is 5.17. The number of piperidine rings is 1. The van der Waals surface area contributed by atoms with Crippen LogP contribution in [0.15, 0.2) is 42.5 Å². The van der Waals surface area contributed by atoms with Gasteiger partial charge in [0.1, 0.15) is 23.8 Å². The standard InChI is InChI=1S/C20H26N6O.C2H6/c1-14(24-15-6-3-2-4-7-15)20(27)25-16-8-5-11-26(12-16)19-17-9-10-21-18(17)22-13-23-19;1-2/h3,6-7,9-10,13-14,16,24H,2,4-5,8,11-12H2,1H3,(H,25,27)(H,21,22,23);1-2H3. The van der Waals surface area contributed by atoms with Crippen molar-refractivity contribution in [1.29, 1.82) is 0 Å². The number of hydrogen-bond donors (Lipinski definition) is 3. The van der Waals surface area contributed by atoms with E-state index in [-0.39, 0.29) is 18.0 Å². The average molecular weight is 397 g/mol. The molecular weight excluding hydrogens is 364 g/mol. The normalized spacial score (nSPS) is 19.8. The molecule has 3 heterocycles. The maximum atomic E-state index is 12.6. The maximum Gasteiger partial charge on any atom is 0.242 e. The minimum atomic E-state index is -0.259. The molecule has 2 aliphatic rings. The Morgan fingerprint density at radius 3 is 2.97 bits per heavy atom. The lowest BCUT2D eigenvalue weighted by Crippen LogP contribution is -2.52. The molecule has 0 radical (unpaired) electrons. The summed E-state index contributed by atoms with van der Waals surface area (Å²) in [6, 6.07) is 1.87. The molecule has 156 valence electrons. The molecule has 1 aliphatic carbocycles. The molecule has 2 aromatic heterocycles. The Morgan fingerprint density at radius 1 is 1.31 bits per heavy atom. The van der Waals surface area contributed by atoms with Gasteiger partial charge in [0.15, 0.2) is 0 Å². The van der Waals surface area contributed by atoms with Crippen molar-refractivity contribution in [2.45, 2.75) is 58.5 Å². The van der Waals surface area contributed by atoms with Crippen molar-refractivity contribution in [3.63, 3.8) is 0 Å². The predicted molar refractivity (Wildman–Crippen MR) is 118 cm³/mol. The summed E-state index contributed by atoms with van der Waals surface area (Å²) in [5.41, 5.74) is 1.88. The van der Waals surface area contributed by atoms with Crippen LogP contribution >= 0.6 is 0 Å². The first-order valence-corrected chi connectivity index (χ1v) is 10.7. The van der Waals surface area contributed by atoms with Crippen molar-refractivity contribution in [2.75, 3.05) is 18.0 Å². The van der Waals surface area contributed by atoms with Crippen molar-refractivity contribution in [3.05, 3.63) is 42.5 Å². The number of carbonyl (C=O) groups is 1. The number of nitrogens with zero attached hydrogens (tertiary/aromatic N) is 3. The number of amides is 1. The summed E-state index contributed by atoms with van der Waals surface area (Å²) in [4.78, 5) is 26.7. The molecule has 0 spiro atoms. The molecule has 3 N–H and O–H groups in total. The fourth-order valence-corrected chi connectivity index (χ4v) is 3.76. The minimum Gasteiger partial charge on any atom is -0.374 e. The number of anilines is 1. The molecular formula is C22H32N6O. The van der Waals surface area contributed by atoms with E-state index in [0.29, 0.717) is 0 Å². The van der Waals surface area contributed by atoms with E-state index in [1.54, 1.807) is 6.33 Å². The van der Waals surface area contributed by atoms with Gasteiger partial charge in [0, 0.05) is 31.0 Å². The van der Waals surface area contributed by atoms with Crippen molar-refractivity contribution >= 4 is 22.8 Å². The van der Waals surface area contributed by atoms with E-state index in [4.69, 9.17) is 0 Å². The molecule has 7 heteroatoms. The smallest absolute Gasteiger partial charge is 0.242 e. The van der Waals surface area contributed by atoms with Crippen LogP contribution in [0.3, 0.4) is 0 Å². The van der Waals surface area contributed by atoms with Crippen LogP contribution in [0.5, 0.6) is 0 Å². The molecule has 4 rings (SSSR count). The summed E-state index contributed by atoms with van der Waals surface area (Å²) in [7, 11) is 0. The van der Waals surface area contributed by atoms with Gasteiger partial charge in [0.2, 0.25) is 5.91 Å². The van der Waals surface area contributed by atoms with E-state index in [1.165, 1.54) is 0 Å². The van der Waals surface area contributed by atoms with Gasteiger partial charge in [-0.3, -0.25) is 4.79 Å². The largest absolute Gasteiger partial charge is 0.374 e. The third-order valence-electron chi connectivity index (χ3n) is 5.17. The number of fused-ring (bicyclic) bond motifs is 1. The fourth-order valence-electron chi connectivity index (χ4n) is 3.76. The van der Waals surface area contributed by atoms with Crippen LogP contribution in [-0.4, -0.2) is 46.0 Å². The molecule has 1 aliphatic heterocycles. The second-order valence-corrected chi connectivity index (χ2v) is 7.24. The van der Waals surface area contributed by atoms with Gasteiger partial charge in [0.25, 0.3) is 0 Å². The monoisotopic (exact) mass is 396 g/mol. The summed E-state index contributed by atoms with van der Waals surface area (Å²) in [5, 5.41) is 7.52. The second-order valence-electron chi connectivity index (χ2n) is 7.24. The van der Waals surface area contributed by atoms with Crippen LogP contribution in [0.1, 0.15) is 46.5 Å². The average Bonchev–Trinajstić information content (AvgIpc) is 3.25. The lowest BCUT2D eigenvalue weighted by Gasteiger charge is -2.34. The van der Waals surface area contributed by atoms with Crippen LogP contribution in [0.4, 0.5) is 5.82 Å². The highest BCUT2D eigenvalue weighted by Crippen LogP contribution is 2.25. The highest BCUT2D eigenvalue weighted by atomic mass is 16.2. The number of carbonyl (C=O) groups excluding carboxylic acids is 1. The molecule has 2 unspecified atom stereocenters. The molecule has 1 fully saturated rings. The Kier molecular flexibility index (Phi) is 7.27. The summed E-state index contributed by atoms with van der Waals surface area (Å²) in [5.74, 6) is 0.972. The highest BCUT2D eigenvalue weighted by Gasteiger charge is 2.25. The summed E-state index contributed by atoms with van der Waals surface area (Å²) in [6.45, 7) is 7.61.